The number of hydrogen-bond acceptors (Lipinski definition) is 3. The van der Waals surface area contributed by atoms with Crippen LogP contribution in [0.3, 0.4) is 0 Å². The topological polar surface area (TPSA) is 40.6 Å². The zero-order valence-electron chi connectivity index (χ0n) is 20.2. The van der Waals surface area contributed by atoms with Crippen LogP contribution in [0.5, 0.6) is 0 Å². The van der Waals surface area contributed by atoms with Crippen molar-refractivity contribution in [2.75, 3.05) is 11.6 Å². The van der Waals surface area contributed by atoms with Crippen LogP contribution in [0.25, 0.3) is 0 Å². The number of hydrogen-bond donors (Lipinski definition) is 0. The number of rotatable bonds is 8. The smallest absolute Gasteiger partial charge is 0.238 e. The van der Waals surface area contributed by atoms with Gasteiger partial charge in [-0.15, -0.1) is 0 Å². The molecule has 1 amide bonds. The number of nitrogens with zero attached hydrogens (tertiary/aromatic N) is 2. The van der Waals surface area contributed by atoms with Gasteiger partial charge < -0.3 is 0 Å². The molecule has 2 aromatic carbocycles. The third kappa shape index (κ3) is 4.71. The van der Waals surface area contributed by atoms with Crippen molar-refractivity contribution in [1.29, 1.82) is 0 Å². The van der Waals surface area contributed by atoms with Gasteiger partial charge in [-0.05, 0) is 62.1 Å². The second kappa shape index (κ2) is 10.5. The van der Waals surface area contributed by atoms with Crippen LogP contribution in [0.15, 0.2) is 60.7 Å². The van der Waals surface area contributed by atoms with E-state index in [1.54, 1.807) is 13.8 Å². The summed E-state index contributed by atoms with van der Waals surface area (Å²) in [5.74, 6) is 0.744. The highest BCUT2D eigenvalue weighted by molar-refractivity contribution is 5.93. The Morgan fingerprint density at radius 3 is 1.88 bits per heavy atom. The third-order valence-corrected chi connectivity index (χ3v) is 7.79. The zero-order chi connectivity index (χ0) is 23.3. The van der Waals surface area contributed by atoms with Gasteiger partial charge in [-0.3, -0.25) is 19.6 Å². The van der Waals surface area contributed by atoms with Crippen LogP contribution in [-0.4, -0.2) is 23.2 Å². The SMILES string of the molecule is CC(=O)N(CC1CCCC1)N(c1ccccc1)C(C(C)=O)(c1ccccc1)C1CCCCC1. The Hall–Kier alpha value is -2.62. The van der Waals surface area contributed by atoms with Gasteiger partial charge >= 0.3 is 0 Å². The van der Waals surface area contributed by atoms with E-state index in [4.69, 9.17) is 0 Å². The van der Waals surface area contributed by atoms with Crippen molar-refractivity contribution >= 4 is 17.4 Å². The van der Waals surface area contributed by atoms with Crippen LogP contribution >= 0.6 is 0 Å². The first kappa shape index (κ1) is 23.5. The van der Waals surface area contributed by atoms with Crippen molar-refractivity contribution in [1.82, 2.24) is 5.01 Å². The number of para-hydroxylation sites is 1. The lowest BCUT2D eigenvalue weighted by Crippen LogP contribution is -2.64. The quantitative estimate of drug-likeness (QED) is 0.434. The van der Waals surface area contributed by atoms with Gasteiger partial charge in [-0.25, -0.2) is 0 Å². The van der Waals surface area contributed by atoms with E-state index in [2.05, 4.69) is 17.1 Å². The third-order valence-electron chi connectivity index (χ3n) is 7.79. The molecule has 2 aromatic rings. The van der Waals surface area contributed by atoms with E-state index < -0.39 is 5.54 Å². The van der Waals surface area contributed by atoms with Gasteiger partial charge in [0.2, 0.25) is 5.91 Å². The maximum absolute atomic E-state index is 14.0. The van der Waals surface area contributed by atoms with E-state index in [9.17, 15) is 9.59 Å². The van der Waals surface area contributed by atoms with E-state index in [0.29, 0.717) is 12.5 Å². The molecule has 2 aliphatic carbocycles. The van der Waals surface area contributed by atoms with Crippen molar-refractivity contribution in [2.45, 2.75) is 77.2 Å². The minimum atomic E-state index is -0.909. The summed E-state index contributed by atoms with van der Waals surface area (Å²) in [6.07, 6.45) is 10.2. The first-order valence-corrected chi connectivity index (χ1v) is 12.7. The highest BCUT2D eigenvalue weighted by Gasteiger charge is 2.52. The zero-order valence-corrected chi connectivity index (χ0v) is 20.2. The Bertz CT molecular complexity index is 917. The standard InChI is InChI=1S/C29H38N2O2/c1-23(32)29(26-16-6-3-7-17-26,27-18-8-4-9-19-27)31(28-20-10-5-11-21-28)30(24(2)33)22-25-14-12-13-15-25/h3,5-7,10-11,16-17,20-21,25,27H,4,8-9,12-15,18-19,22H2,1-2H3. The Morgan fingerprint density at radius 1 is 0.788 bits per heavy atom. The van der Waals surface area contributed by atoms with Gasteiger partial charge in [-0.2, -0.15) is 0 Å². The number of carbonyl (C=O) groups is 2. The first-order chi connectivity index (χ1) is 16.0. The molecule has 0 aliphatic heterocycles. The Balaban J connectivity index is 1.94. The molecule has 2 aliphatic rings. The molecule has 0 aromatic heterocycles. The molecule has 1 unspecified atom stereocenters. The molecule has 176 valence electrons. The molecular weight excluding hydrogens is 408 g/mol. The summed E-state index contributed by atoms with van der Waals surface area (Å²) in [7, 11) is 0. The molecule has 0 heterocycles. The minimum Gasteiger partial charge on any atom is -0.297 e. The minimum absolute atomic E-state index is 0.00289. The Kier molecular flexibility index (Phi) is 7.52. The lowest BCUT2D eigenvalue weighted by Gasteiger charge is -2.53. The maximum atomic E-state index is 14.0. The molecule has 0 bridgehead atoms. The van der Waals surface area contributed by atoms with Crippen LogP contribution < -0.4 is 5.01 Å². The summed E-state index contributed by atoms with van der Waals surface area (Å²) in [5, 5.41) is 4.02. The number of anilines is 1. The van der Waals surface area contributed by atoms with Gasteiger partial charge in [-0.1, -0.05) is 80.6 Å². The lowest BCUT2D eigenvalue weighted by molar-refractivity contribution is -0.136. The monoisotopic (exact) mass is 446 g/mol. The molecule has 33 heavy (non-hydrogen) atoms. The van der Waals surface area contributed by atoms with E-state index in [1.807, 2.05) is 53.5 Å². The molecule has 4 rings (SSSR count). The summed E-state index contributed by atoms with van der Waals surface area (Å²) in [5.41, 5.74) is 0.995. The number of carbonyl (C=O) groups excluding carboxylic acids is 2. The van der Waals surface area contributed by atoms with Gasteiger partial charge in [0.25, 0.3) is 0 Å². The number of benzene rings is 2. The summed E-state index contributed by atoms with van der Waals surface area (Å²) in [4.78, 5) is 27.3. The molecule has 1 atom stereocenters. The number of hydrazine groups is 1. The van der Waals surface area contributed by atoms with Gasteiger partial charge in [0.1, 0.15) is 5.54 Å². The highest BCUT2D eigenvalue weighted by atomic mass is 16.2. The summed E-state index contributed by atoms with van der Waals surface area (Å²) < 4.78 is 0. The summed E-state index contributed by atoms with van der Waals surface area (Å²) in [6.45, 7) is 4.05. The molecule has 4 nitrogen and oxygen atoms in total. The van der Waals surface area contributed by atoms with Crippen molar-refractivity contribution in [2.24, 2.45) is 11.8 Å². The van der Waals surface area contributed by atoms with Crippen LogP contribution in [-0.2, 0) is 15.1 Å². The maximum Gasteiger partial charge on any atom is 0.238 e. The predicted octanol–water partition coefficient (Wildman–Crippen LogP) is 6.51. The average molecular weight is 447 g/mol. The summed E-state index contributed by atoms with van der Waals surface area (Å²) in [6, 6.07) is 20.3. The second-order valence-corrected chi connectivity index (χ2v) is 9.92. The second-order valence-electron chi connectivity index (χ2n) is 9.92. The average Bonchev–Trinajstić information content (AvgIpc) is 3.36. The van der Waals surface area contributed by atoms with Crippen LogP contribution in [0.2, 0.25) is 0 Å². The molecule has 0 saturated heterocycles. The molecule has 4 heteroatoms. The number of amides is 1. The Morgan fingerprint density at radius 2 is 1.33 bits per heavy atom. The van der Waals surface area contributed by atoms with Gasteiger partial charge in [0.05, 0.1) is 5.69 Å². The highest BCUT2D eigenvalue weighted by Crippen LogP contribution is 2.47. The van der Waals surface area contributed by atoms with Gasteiger partial charge in [0, 0.05) is 13.5 Å². The number of ketones is 1. The van der Waals surface area contributed by atoms with E-state index in [0.717, 1.165) is 49.8 Å². The fraction of sp³-hybridized carbons (Fsp3) is 0.517. The first-order valence-electron chi connectivity index (χ1n) is 12.7. The van der Waals surface area contributed by atoms with E-state index in [1.165, 1.54) is 19.3 Å². The fourth-order valence-corrected chi connectivity index (χ4v) is 6.27. The molecule has 2 fully saturated rings. The molecule has 0 spiro atoms. The van der Waals surface area contributed by atoms with Crippen LogP contribution in [0, 0.1) is 11.8 Å². The van der Waals surface area contributed by atoms with Crippen molar-refractivity contribution in [3.05, 3.63) is 66.2 Å². The Labute approximate surface area is 198 Å². The van der Waals surface area contributed by atoms with E-state index in [-0.39, 0.29) is 17.6 Å². The fourth-order valence-electron chi connectivity index (χ4n) is 6.27. The van der Waals surface area contributed by atoms with Gasteiger partial charge in [0.15, 0.2) is 5.78 Å². The molecule has 2 saturated carbocycles. The van der Waals surface area contributed by atoms with Crippen molar-refractivity contribution < 1.29 is 9.59 Å². The van der Waals surface area contributed by atoms with Crippen molar-refractivity contribution in [3.8, 4) is 0 Å². The molecule has 0 radical (unpaired) electrons. The van der Waals surface area contributed by atoms with Crippen molar-refractivity contribution in [3.63, 3.8) is 0 Å². The number of Topliss-reactive ketones (excluding diaryl/α,β-unsaturated/α-hetero) is 1. The van der Waals surface area contributed by atoms with Crippen LogP contribution in [0.4, 0.5) is 5.69 Å². The van der Waals surface area contributed by atoms with Crippen LogP contribution in [0.1, 0.15) is 77.2 Å². The largest absolute Gasteiger partial charge is 0.297 e. The lowest BCUT2D eigenvalue weighted by atomic mass is 9.68. The molecule has 0 N–H and O–H groups in total. The van der Waals surface area contributed by atoms with E-state index >= 15 is 0 Å². The summed E-state index contributed by atoms with van der Waals surface area (Å²) >= 11 is 0. The predicted molar refractivity (Wildman–Crippen MR) is 134 cm³/mol. The normalized spacial score (nSPS) is 19.1. The molecular formula is C29H38N2O2.